The summed E-state index contributed by atoms with van der Waals surface area (Å²) in [6, 6.07) is 8.39. The smallest absolute Gasteiger partial charge is 0.261 e. The Morgan fingerprint density at radius 2 is 1.96 bits per heavy atom. The molecule has 1 atom stereocenters. The molecule has 0 radical (unpaired) electrons. The number of hydrogen-bond acceptors (Lipinski definition) is 3. The van der Waals surface area contributed by atoms with Gasteiger partial charge in [0.25, 0.3) is 5.91 Å². The summed E-state index contributed by atoms with van der Waals surface area (Å²) in [5, 5.41) is 7.50. The zero-order valence-corrected chi connectivity index (χ0v) is 15.3. The first-order valence-corrected chi connectivity index (χ1v) is 9.18. The van der Waals surface area contributed by atoms with Crippen LogP contribution in [0.1, 0.15) is 41.0 Å². The Morgan fingerprint density at radius 3 is 2.62 bits per heavy atom. The number of hydrogen-bond donors (Lipinski definition) is 2. The Bertz CT molecular complexity index is 787. The van der Waals surface area contributed by atoms with Crippen LogP contribution < -0.4 is 10.6 Å². The van der Waals surface area contributed by atoms with Gasteiger partial charge >= 0.3 is 0 Å². The number of nitrogens with one attached hydrogen (secondary N) is 2. The molecule has 1 aromatic carbocycles. The van der Waals surface area contributed by atoms with Gasteiger partial charge in [-0.15, -0.1) is 11.3 Å². The molecular formula is C17H16Cl2N2O2S. The maximum Gasteiger partial charge on any atom is 0.261 e. The second kappa shape index (κ2) is 7.13. The topological polar surface area (TPSA) is 58.2 Å². The van der Waals surface area contributed by atoms with Gasteiger partial charge in [-0.2, -0.15) is 0 Å². The predicted molar refractivity (Wildman–Crippen MR) is 98.0 cm³/mol. The van der Waals surface area contributed by atoms with E-state index in [-0.39, 0.29) is 23.8 Å². The fraction of sp³-hybridized carbons (Fsp3) is 0.294. The largest absolute Gasteiger partial charge is 0.345 e. The average molecular weight is 383 g/mol. The number of anilines is 1. The van der Waals surface area contributed by atoms with Crippen LogP contribution in [-0.2, 0) is 4.79 Å². The van der Waals surface area contributed by atoms with Crippen molar-refractivity contribution in [1.82, 2.24) is 5.32 Å². The molecule has 2 N–H and O–H groups in total. The Morgan fingerprint density at radius 1 is 1.21 bits per heavy atom. The highest BCUT2D eigenvalue weighted by Crippen LogP contribution is 2.32. The lowest BCUT2D eigenvalue weighted by Gasteiger charge is -2.15. The minimum atomic E-state index is -0.256. The molecule has 4 nitrogen and oxygen atoms in total. The summed E-state index contributed by atoms with van der Waals surface area (Å²) in [7, 11) is 0. The van der Waals surface area contributed by atoms with Gasteiger partial charge in [0.1, 0.15) is 0 Å². The lowest BCUT2D eigenvalue weighted by molar-refractivity contribution is -0.117. The van der Waals surface area contributed by atoms with Crippen LogP contribution in [0.3, 0.4) is 0 Å². The SMILES string of the molecule is CC(NC(=O)c1ccc(NC(=O)C2CC2)s1)c1ccc(Cl)cc1Cl. The van der Waals surface area contributed by atoms with E-state index in [1.807, 2.05) is 6.92 Å². The van der Waals surface area contributed by atoms with E-state index in [4.69, 9.17) is 23.2 Å². The highest BCUT2D eigenvalue weighted by molar-refractivity contribution is 7.18. The summed E-state index contributed by atoms with van der Waals surface area (Å²) in [5.74, 6) is -0.0352. The molecular weight excluding hydrogens is 367 g/mol. The third kappa shape index (κ3) is 4.09. The second-order valence-electron chi connectivity index (χ2n) is 5.79. The fourth-order valence-corrected chi connectivity index (χ4v) is 3.68. The van der Waals surface area contributed by atoms with Gasteiger partial charge in [-0.05, 0) is 49.6 Å². The zero-order valence-electron chi connectivity index (χ0n) is 12.9. The van der Waals surface area contributed by atoms with Crippen LogP contribution in [-0.4, -0.2) is 11.8 Å². The molecule has 1 aliphatic rings. The van der Waals surface area contributed by atoms with Gasteiger partial charge < -0.3 is 10.6 Å². The quantitative estimate of drug-likeness (QED) is 0.772. The molecule has 1 aliphatic carbocycles. The summed E-state index contributed by atoms with van der Waals surface area (Å²) in [6.07, 6.45) is 1.90. The summed E-state index contributed by atoms with van der Waals surface area (Å²) >= 11 is 13.3. The Balaban J connectivity index is 1.63. The number of amides is 2. The van der Waals surface area contributed by atoms with Crippen LogP contribution >= 0.6 is 34.5 Å². The molecule has 1 unspecified atom stereocenters. The van der Waals surface area contributed by atoms with E-state index in [1.54, 1.807) is 30.3 Å². The van der Waals surface area contributed by atoms with E-state index in [0.29, 0.717) is 19.9 Å². The van der Waals surface area contributed by atoms with E-state index < -0.39 is 0 Å². The van der Waals surface area contributed by atoms with E-state index in [2.05, 4.69) is 10.6 Å². The molecule has 126 valence electrons. The van der Waals surface area contributed by atoms with Crippen LogP contribution in [0.25, 0.3) is 0 Å². The summed E-state index contributed by atoms with van der Waals surface area (Å²) in [5.41, 5.74) is 0.799. The molecule has 0 saturated heterocycles. The lowest BCUT2D eigenvalue weighted by Crippen LogP contribution is -2.26. The number of rotatable bonds is 5. The van der Waals surface area contributed by atoms with E-state index in [1.165, 1.54) is 11.3 Å². The number of carbonyl (C=O) groups is 2. The van der Waals surface area contributed by atoms with Gasteiger partial charge in [-0.25, -0.2) is 0 Å². The van der Waals surface area contributed by atoms with Crippen LogP contribution in [0, 0.1) is 5.92 Å². The van der Waals surface area contributed by atoms with Gasteiger partial charge in [0.2, 0.25) is 5.91 Å². The summed E-state index contributed by atoms with van der Waals surface area (Å²) < 4.78 is 0. The standard InChI is InChI=1S/C17H16Cl2N2O2S/c1-9(12-5-4-11(18)8-13(12)19)20-17(23)14-6-7-15(24-14)21-16(22)10-2-3-10/h4-10H,2-3H2,1H3,(H,20,23)(H,21,22). The first kappa shape index (κ1) is 17.3. The fourth-order valence-electron chi connectivity index (χ4n) is 2.29. The van der Waals surface area contributed by atoms with Crippen molar-refractivity contribution in [3.63, 3.8) is 0 Å². The molecule has 1 heterocycles. The van der Waals surface area contributed by atoms with Crippen molar-refractivity contribution >= 4 is 51.4 Å². The number of carbonyl (C=O) groups excluding carboxylic acids is 2. The maximum absolute atomic E-state index is 12.4. The Hall–Kier alpha value is -1.56. The number of benzene rings is 1. The molecule has 2 aromatic rings. The first-order valence-electron chi connectivity index (χ1n) is 7.60. The highest BCUT2D eigenvalue weighted by atomic mass is 35.5. The van der Waals surface area contributed by atoms with Crippen molar-refractivity contribution in [3.05, 3.63) is 50.8 Å². The molecule has 1 saturated carbocycles. The summed E-state index contributed by atoms with van der Waals surface area (Å²) in [4.78, 5) is 24.7. The van der Waals surface area contributed by atoms with Crippen molar-refractivity contribution in [2.45, 2.75) is 25.8 Å². The molecule has 0 spiro atoms. The average Bonchev–Trinajstić information content (AvgIpc) is 3.27. The zero-order chi connectivity index (χ0) is 17.3. The first-order chi connectivity index (χ1) is 11.4. The summed E-state index contributed by atoms with van der Waals surface area (Å²) in [6.45, 7) is 1.86. The second-order valence-corrected chi connectivity index (χ2v) is 7.72. The van der Waals surface area contributed by atoms with Crippen molar-refractivity contribution < 1.29 is 9.59 Å². The molecule has 0 aliphatic heterocycles. The van der Waals surface area contributed by atoms with Crippen LogP contribution in [0.5, 0.6) is 0 Å². The van der Waals surface area contributed by atoms with Crippen molar-refractivity contribution in [3.8, 4) is 0 Å². The van der Waals surface area contributed by atoms with E-state index in [9.17, 15) is 9.59 Å². The third-order valence-electron chi connectivity index (χ3n) is 3.80. The molecule has 1 aromatic heterocycles. The molecule has 7 heteroatoms. The van der Waals surface area contributed by atoms with Crippen molar-refractivity contribution in [2.24, 2.45) is 5.92 Å². The van der Waals surface area contributed by atoms with Crippen LogP contribution in [0.2, 0.25) is 10.0 Å². The number of halogens is 2. The predicted octanol–water partition coefficient (Wildman–Crippen LogP) is 4.89. The Labute approximate surface area is 154 Å². The van der Waals surface area contributed by atoms with Crippen molar-refractivity contribution in [2.75, 3.05) is 5.32 Å². The van der Waals surface area contributed by atoms with Gasteiger partial charge in [0.15, 0.2) is 0 Å². The van der Waals surface area contributed by atoms with Crippen LogP contribution in [0.4, 0.5) is 5.00 Å². The molecule has 1 fully saturated rings. The maximum atomic E-state index is 12.4. The molecule has 2 amide bonds. The van der Waals surface area contributed by atoms with Crippen LogP contribution in [0.15, 0.2) is 30.3 Å². The minimum Gasteiger partial charge on any atom is -0.345 e. The van der Waals surface area contributed by atoms with Gasteiger partial charge in [-0.3, -0.25) is 9.59 Å². The van der Waals surface area contributed by atoms with E-state index >= 15 is 0 Å². The minimum absolute atomic E-state index is 0.0325. The Kier molecular flexibility index (Phi) is 5.13. The number of thiophene rings is 1. The normalized spacial score (nSPS) is 15.0. The molecule has 0 bridgehead atoms. The van der Waals surface area contributed by atoms with Gasteiger partial charge in [0, 0.05) is 16.0 Å². The monoisotopic (exact) mass is 382 g/mol. The van der Waals surface area contributed by atoms with Gasteiger partial charge in [0.05, 0.1) is 15.9 Å². The van der Waals surface area contributed by atoms with Gasteiger partial charge in [-0.1, -0.05) is 29.3 Å². The molecule has 24 heavy (non-hydrogen) atoms. The van der Waals surface area contributed by atoms with Crippen molar-refractivity contribution in [1.29, 1.82) is 0 Å². The highest BCUT2D eigenvalue weighted by Gasteiger charge is 2.30. The lowest BCUT2D eigenvalue weighted by atomic mass is 10.1. The third-order valence-corrected chi connectivity index (χ3v) is 5.36. The molecule has 3 rings (SSSR count). The van der Waals surface area contributed by atoms with E-state index in [0.717, 1.165) is 18.4 Å².